The molecule has 126 valence electrons. The zero-order valence-corrected chi connectivity index (χ0v) is 13.4. The lowest BCUT2D eigenvalue weighted by molar-refractivity contribution is -0.153. The topological polar surface area (TPSA) is 78.3 Å². The van der Waals surface area contributed by atoms with Crippen molar-refractivity contribution >= 4 is 17.5 Å². The van der Waals surface area contributed by atoms with E-state index in [1.807, 2.05) is 0 Å². The molecule has 6 nitrogen and oxygen atoms in total. The molecule has 0 saturated carbocycles. The smallest absolute Gasteiger partial charge is 0.375 e. The quantitative estimate of drug-likeness (QED) is 0.336. The van der Waals surface area contributed by atoms with E-state index < -0.39 is 24.0 Å². The van der Waals surface area contributed by atoms with Crippen molar-refractivity contribution in [3.63, 3.8) is 0 Å². The molecule has 0 aliphatic heterocycles. The lowest BCUT2D eigenvalue weighted by atomic mass is 10.1. The zero-order valence-electron chi connectivity index (χ0n) is 13.4. The van der Waals surface area contributed by atoms with Gasteiger partial charge in [0.05, 0.1) is 30.8 Å². The average molecular weight is 332 g/mol. The van der Waals surface area contributed by atoms with Gasteiger partial charge in [-0.05, 0) is 31.5 Å². The van der Waals surface area contributed by atoms with Crippen molar-refractivity contribution in [2.24, 2.45) is 0 Å². The van der Waals surface area contributed by atoms with Gasteiger partial charge in [0.25, 0.3) is 0 Å². The fourth-order valence-electron chi connectivity index (χ4n) is 2.17. The number of aromatic nitrogens is 2. The minimum Gasteiger partial charge on any atom is -0.460 e. The van der Waals surface area contributed by atoms with Crippen LogP contribution in [0, 0.1) is 12.7 Å². The van der Waals surface area contributed by atoms with Crippen LogP contribution >= 0.6 is 0 Å². The normalized spacial score (nSPS) is 10.5. The molecule has 2 aromatic rings. The molecule has 0 saturated heterocycles. The summed E-state index contributed by atoms with van der Waals surface area (Å²) in [7, 11) is 0. The molecule has 0 atom stereocenters. The molecule has 0 bridgehead atoms. The van der Waals surface area contributed by atoms with E-state index in [0.717, 1.165) is 5.56 Å². The maximum atomic E-state index is 12.9. The third kappa shape index (κ3) is 4.34. The Morgan fingerprint density at radius 1 is 1.21 bits per heavy atom. The molecule has 0 aliphatic rings. The van der Waals surface area contributed by atoms with Crippen LogP contribution in [0.5, 0.6) is 0 Å². The van der Waals surface area contributed by atoms with Gasteiger partial charge in [0.15, 0.2) is 5.78 Å². The summed E-state index contributed by atoms with van der Waals surface area (Å²) < 4.78 is 19.0. The molecule has 1 aromatic heterocycles. The lowest BCUT2D eigenvalue weighted by Crippen LogP contribution is -2.20. The predicted molar refractivity (Wildman–Crippen MR) is 83.1 cm³/mol. The van der Waals surface area contributed by atoms with E-state index in [1.54, 1.807) is 26.0 Å². The molecule has 7 heteroatoms. The molecule has 0 unspecified atom stereocenters. The number of esters is 1. The van der Waals surface area contributed by atoms with Gasteiger partial charge in [-0.1, -0.05) is 12.1 Å². The highest BCUT2D eigenvalue weighted by molar-refractivity contribution is 6.38. The second-order valence-electron chi connectivity index (χ2n) is 5.20. The summed E-state index contributed by atoms with van der Waals surface area (Å²) >= 11 is 0. The van der Waals surface area contributed by atoms with Gasteiger partial charge in [0, 0.05) is 6.20 Å². The number of Topliss-reactive ketones (excluding diaryl/α,β-unsaturated/α-hetero) is 2. The Labute approximate surface area is 138 Å². The van der Waals surface area contributed by atoms with Crippen LogP contribution in [0.15, 0.2) is 30.5 Å². The Balaban J connectivity index is 2.07. The van der Waals surface area contributed by atoms with E-state index in [-0.39, 0.29) is 18.0 Å². The molecular formula is C17H17FN2O4. The largest absolute Gasteiger partial charge is 0.460 e. The van der Waals surface area contributed by atoms with Crippen LogP contribution in [0.25, 0.3) is 0 Å². The first kappa shape index (κ1) is 17.5. The van der Waals surface area contributed by atoms with Crippen molar-refractivity contribution in [1.82, 2.24) is 9.78 Å². The maximum absolute atomic E-state index is 12.9. The number of aryl methyl sites for hydroxylation is 1. The van der Waals surface area contributed by atoms with E-state index in [2.05, 4.69) is 9.84 Å². The summed E-state index contributed by atoms with van der Waals surface area (Å²) in [4.78, 5) is 35.1. The Morgan fingerprint density at radius 2 is 1.88 bits per heavy atom. The van der Waals surface area contributed by atoms with Gasteiger partial charge in [0.1, 0.15) is 5.82 Å². The summed E-state index contributed by atoms with van der Waals surface area (Å²) in [5.74, 6) is -2.71. The summed E-state index contributed by atoms with van der Waals surface area (Å²) in [6.07, 6.45) is 0.960. The number of benzene rings is 1. The van der Waals surface area contributed by atoms with E-state index in [4.69, 9.17) is 0 Å². The van der Waals surface area contributed by atoms with Gasteiger partial charge in [0.2, 0.25) is 5.78 Å². The van der Waals surface area contributed by atoms with Gasteiger partial charge in [-0.15, -0.1) is 0 Å². The first-order valence-corrected chi connectivity index (χ1v) is 7.42. The molecule has 2 rings (SSSR count). The van der Waals surface area contributed by atoms with Crippen LogP contribution in [0.3, 0.4) is 0 Å². The van der Waals surface area contributed by atoms with Crippen LogP contribution in [0.2, 0.25) is 0 Å². The third-order valence-corrected chi connectivity index (χ3v) is 3.33. The van der Waals surface area contributed by atoms with Crippen molar-refractivity contribution in [3.05, 3.63) is 53.1 Å². The summed E-state index contributed by atoms with van der Waals surface area (Å²) in [5, 5.41) is 4.21. The lowest BCUT2D eigenvalue weighted by Gasteiger charge is -2.01. The minimum absolute atomic E-state index is 0.0768. The highest BCUT2D eigenvalue weighted by atomic mass is 19.1. The van der Waals surface area contributed by atoms with Crippen molar-refractivity contribution in [1.29, 1.82) is 0 Å². The number of nitrogens with zero attached hydrogens (tertiary/aromatic N) is 2. The van der Waals surface area contributed by atoms with Crippen LogP contribution < -0.4 is 0 Å². The van der Waals surface area contributed by atoms with Gasteiger partial charge in [-0.25, -0.2) is 9.18 Å². The fraction of sp³-hybridized carbons (Fsp3) is 0.294. The third-order valence-electron chi connectivity index (χ3n) is 3.33. The summed E-state index contributed by atoms with van der Waals surface area (Å²) in [6.45, 7) is 3.66. The highest BCUT2D eigenvalue weighted by Crippen LogP contribution is 2.12. The molecule has 0 spiro atoms. The Hall–Kier alpha value is -2.83. The van der Waals surface area contributed by atoms with Crippen molar-refractivity contribution in [3.8, 4) is 0 Å². The average Bonchev–Trinajstić information content (AvgIpc) is 2.90. The first-order valence-electron chi connectivity index (χ1n) is 7.42. The zero-order chi connectivity index (χ0) is 17.7. The van der Waals surface area contributed by atoms with Crippen LogP contribution in [-0.4, -0.2) is 33.9 Å². The highest BCUT2D eigenvalue weighted by Gasteiger charge is 2.22. The Bertz CT molecular complexity index is 765. The molecule has 0 aliphatic carbocycles. The van der Waals surface area contributed by atoms with Crippen LogP contribution in [-0.2, 0) is 20.9 Å². The molecule has 0 amide bonds. The van der Waals surface area contributed by atoms with E-state index in [0.29, 0.717) is 12.2 Å². The molecule has 24 heavy (non-hydrogen) atoms. The van der Waals surface area contributed by atoms with Crippen molar-refractivity contribution < 1.29 is 23.5 Å². The number of rotatable bonds is 7. The Morgan fingerprint density at radius 3 is 2.50 bits per heavy atom. The van der Waals surface area contributed by atoms with Crippen LogP contribution in [0.4, 0.5) is 4.39 Å². The van der Waals surface area contributed by atoms with E-state index in [1.165, 1.54) is 23.0 Å². The SMILES string of the molecule is CCOC(=O)C(=O)CC(=O)c1cn(Cc2ccc(F)cc2)nc1C. The van der Waals surface area contributed by atoms with Gasteiger partial charge >= 0.3 is 5.97 Å². The minimum atomic E-state index is -1.01. The van der Waals surface area contributed by atoms with Gasteiger partial charge < -0.3 is 4.74 Å². The van der Waals surface area contributed by atoms with E-state index >= 15 is 0 Å². The fourth-order valence-corrected chi connectivity index (χ4v) is 2.17. The van der Waals surface area contributed by atoms with Crippen LogP contribution in [0.1, 0.15) is 35.0 Å². The van der Waals surface area contributed by atoms with Crippen molar-refractivity contribution in [2.75, 3.05) is 6.61 Å². The maximum Gasteiger partial charge on any atom is 0.375 e. The molecule has 0 N–H and O–H groups in total. The summed E-state index contributed by atoms with van der Waals surface area (Å²) in [6, 6.07) is 5.93. The summed E-state index contributed by atoms with van der Waals surface area (Å²) in [5.41, 5.74) is 1.55. The number of halogens is 1. The molecule has 1 heterocycles. The monoisotopic (exact) mass is 332 g/mol. The molecule has 1 aromatic carbocycles. The second-order valence-corrected chi connectivity index (χ2v) is 5.20. The number of hydrogen-bond donors (Lipinski definition) is 0. The molecule has 0 fully saturated rings. The van der Waals surface area contributed by atoms with E-state index in [9.17, 15) is 18.8 Å². The van der Waals surface area contributed by atoms with Gasteiger partial charge in [-0.2, -0.15) is 5.10 Å². The number of ether oxygens (including phenoxy) is 1. The van der Waals surface area contributed by atoms with Gasteiger partial charge in [-0.3, -0.25) is 14.3 Å². The number of ketones is 2. The second kappa shape index (κ2) is 7.63. The predicted octanol–water partition coefficient (Wildman–Crippen LogP) is 2.08. The number of carbonyl (C=O) groups excluding carboxylic acids is 3. The Kier molecular flexibility index (Phi) is 5.57. The standard InChI is InChI=1S/C17H17FN2O4/c1-3-24-17(23)16(22)8-15(21)14-10-20(19-11(14)2)9-12-4-6-13(18)7-5-12/h4-7,10H,3,8-9H2,1-2H3. The van der Waals surface area contributed by atoms with Crippen molar-refractivity contribution in [2.45, 2.75) is 26.8 Å². The number of carbonyl (C=O) groups is 3. The molecule has 0 radical (unpaired) electrons. The first-order chi connectivity index (χ1) is 11.4. The number of hydrogen-bond acceptors (Lipinski definition) is 5. The molecular weight excluding hydrogens is 315 g/mol.